The number of carbonyl (C=O) groups excluding carboxylic acids is 2. The summed E-state index contributed by atoms with van der Waals surface area (Å²) in [4.78, 5) is 30.2. The maximum atomic E-state index is 13.8. The lowest BCUT2D eigenvalue weighted by molar-refractivity contribution is -0.126. The van der Waals surface area contributed by atoms with E-state index in [4.69, 9.17) is 11.6 Å². The summed E-state index contributed by atoms with van der Waals surface area (Å²) >= 11 is 7.57. The van der Waals surface area contributed by atoms with E-state index in [1.807, 2.05) is 73.2 Å². The van der Waals surface area contributed by atoms with Crippen LogP contribution in [0.3, 0.4) is 0 Å². The molecule has 2 aromatic heterocycles. The molecule has 2 amide bonds. The van der Waals surface area contributed by atoms with Gasteiger partial charge in [0, 0.05) is 22.6 Å². The minimum absolute atomic E-state index is 0.169. The molecule has 1 N–H and O–H groups in total. The number of amides is 2. The number of rotatable bonds is 4. The van der Waals surface area contributed by atoms with E-state index < -0.39 is 5.54 Å². The van der Waals surface area contributed by atoms with Crippen molar-refractivity contribution < 1.29 is 9.59 Å². The zero-order valence-electron chi connectivity index (χ0n) is 18.7. The summed E-state index contributed by atoms with van der Waals surface area (Å²) in [6.07, 6.45) is 0. The summed E-state index contributed by atoms with van der Waals surface area (Å²) in [7, 11) is 0. The van der Waals surface area contributed by atoms with Gasteiger partial charge in [-0.3, -0.25) is 14.5 Å². The van der Waals surface area contributed by atoms with Crippen LogP contribution in [0.25, 0.3) is 10.2 Å². The van der Waals surface area contributed by atoms with Gasteiger partial charge in [-0.25, -0.2) is 0 Å². The van der Waals surface area contributed by atoms with Gasteiger partial charge in [-0.1, -0.05) is 29.8 Å². The Morgan fingerprint density at radius 1 is 1.09 bits per heavy atom. The summed E-state index contributed by atoms with van der Waals surface area (Å²) in [6, 6.07) is 17.2. The zero-order valence-corrected chi connectivity index (χ0v) is 20.3. The second kappa shape index (κ2) is 8.04. The fourth-order valence-corrected chi connectivity index (χ4v) is 5.46. The zero-order chi connectivity index (χ0) is 23.3. The molecule has 0 spiro atoms. The number of benzene rings is 2. The SMILES string of the molecule is Cc1ccc(N2C(=O)c3cc4ccsc4n3C[C@]2(C)C(=O)NCc2ccc(Cl)cc2)cc1C. The van der Waals surface area contributed by atoms with Gasteiger partial charge in [0.2, 0.25) is 5.91 Å². The summed E-state index contributed by atoms with van der Waals surface area (Å²) < 4.78 is 1.99. The van der Waals surface area contributed by atoms with E-state index in [-0.39, 0.29) is 11.8 Å². The van der Waals surface area contributed by atoms with Crippen LogP contribution >= 0.6 is 22.9 Å². The minimum Gasteiger partial charge on any atom is -0.350 e. The molecule has 1 atom stereocenters. The first kappa shape index (κ1) is 21.7. The van der Waals surface area contributed by atoms with Crippen molar-refractivity contribution in [3.8, 4) is 0 Å². The van der Waals surface area contributed by atoms with Gasteiger partial charge in [0.25, 0.3) is 5.91 Å². The Kier molecular flexibility index (Phi) is 5.30. The van der Waals surface area contributed by atoms with Crippen LogP contribution in [0.15, 0.2) is 60.0 Å². The molecule has 5 nitrogen and oxygen atoms in total. The Bertz CT molecular complexity index is 1390. The third-order valence-corrected chi connectivity index (χ3v) is 7.69. The summed E-state index contributed by atoms with van der Waals surface area (Å²) in [5, 5.41) is 6.74. The topological polar surface area (TPSA) is 54.3 Å². The van der Waals surface area contributed by atoms with Crippen LogP contribution in [0.5, 0.6) is 0 Å². The van der Waals surface area contributed by atoms with Crippen molar-refractivity contribution in [2.24, 2.45) is 0 Å². The quantitative estimate of drug-likeness (QED) is 0.409. The van der Waals surface area contributed by atoms with E-state index >= 15 is 0 Å². The Morgan fingerprint density at radius 3 is 2.58 bits per heavy atom. The Labute approximate surface area is 201 Å². The van der Waals surface area contributed by atoms with Gasteiger partial charge in [0.05, 0.1) is 6.54 Å². The van der Waals surface area contributed by atoms with Crippen molar-refractivity contribution >= 4 is 50.7 Å². The molecule has 0 fully saturated rings. The van der Waals surface area contributed by atoms with Crippen molar-refractivity contribution in [2.75, 3.05) is 4.90 Å². The predicted octanol–water partition coefficient (Wildman–Crippen LogP) is 5.71. The number of nitrogens with zero attached hydrogens (tertiary/aromatic N) is 2. The van der Waals surface area contributed by atoms with E-state index in [2.05, 4.69) is 5.32 Å². The van der Waals surface area contributed by atoms with Crippen molar-refractivity contribution in [3.05, 3.63) is 87.4 Å². The highest BCUT2D eigenvalue weighted by Gasteiger charge is 2.48. The number of aromatic nitrogens is 1. The van der Waals surface area contributed by atoms with Gasteiger partial charge in [-0.05, 0) is 79.2 Å². The van der Waals surface area contributed by atoms with Crippen molar-refractivity contribution in [3.63, 3.8) is 0 Å². The third-order valence-electron chi connectivity index (χ3n) is 6.49. The number of hydrogen-bond acceptors (Lipinski definition) is 3. The highest BCUT2D eigenvalue weighted by Crippen LogP contribution is 2.37. The molecule has 0 radical (unpaired) electrons. The van der Waals surface area contributed by atoms with Gasteiger partial charge >= 0.3 is 0 Å². The predicted molar refractivity (Wildman–Crippen MR) is 134 cm³/mol. The van der Waals surface area contributed by atoms with Gasteiger partial charge in [0.1, 0.15) is 16.1 Å². The first-order chi connectivity index (χ1) is 15.8. The maximum absolute atomic E-state index is 13.8. The van der Waals surface area contributed by atoms with Crippen LogP contribution in [-0.2, 0) is 17.9 Å². The molecule has 3 heterocycles. The Morgan fingerprint density at radius 2 is 1.85 bits per heavy atom. The molecule has 4 aromatic rings. The normalized spacial score (nSPS) is 17.9. The molecule has 7 heteroatoms. The van der Waals surface area contributed by atoms with Gasteiger partial charge in [0.15, 0.2) is 0 Å². The van der Waals surface area contributed by atoms with E-state index in [0.29, 0.717) is 23.8 Å². The van der Waals surface area contributed by atoms with Crippen molar-refractivity contribution in [1.82, 2.24) is 9.88 Å². The number of carbonyl (C=O) groups is 2. The largest absolute Gasteiger partial charge is 0.350 e. The molecule has 2 aromatic carbocycles. The van der Waals surface area contributed by atoms with Gasteiger partial charge in [-0.2, -0.15) is 0 Å². The number of anilines is 1. The standard InChI is InChI=1S/C26H24ClN3O2S/c1-16-4-9-21(12-17(16)2)30-23(31)22-13-19-10-11-33-24(19)29(22)15-26(30,3)25(32)28-14-18-5-7-20(27)8-6-18/h4-13H,14-15H2,1-3H3,(H,28,32)/t26-/m1/s1. The molecule has 1 aliphatic rings. The lowest BCUT2D eigenvalue weighted by Gasteiger charge is -2.44. The molecule has 0 bridgehead atoms. The number of aryl methyl sites for hydroxylation is 2. The number of fused-ring (bicyclic) bond motifs is 3. The molecule has 1 aliphatic heterocycles. The monoisotopic (exact) mass is 477 g/mol. The second-order valence-corrected chi connectivity index (χ2v) is 10.1. The number of halogens is 1. The fraction of sp³-hybridized carbons (Fsp3) is 0.231. The maximum Gasteiger partial charge on any atom is 0.275 e. The molecule has 168 valence electrons. The third kappa shape index (κ3) is 3.63. The van der Waals surface area contributed by atoms with Crippen LogP contribution in [0, 0.1) is 13.8 Å². The van der Waals surface area contributed by atoms with E-state index in [0.717, 1.165) is 32.6 Å². The fourth-order valence-electron chi connectivity index (χ4n) is 4.44. The summed E-state index contributed by atoms with van der Waals surface area (Å²) in [6.45, 7) is 6.63. The van der Waals surface area contributed by atoms with Gasteiger partial charge in [-0.15, -0.1) is 11.3 Å². The first-order valence-electron chi connectivity index (χ1n) is 10.8. The van der Waals surface area contributed by atoms with Crippen LogP contribution in [0.1, 0.15) is 34.1 Å². The Balaban J connectivity index is 1.56. The Hall–Kier alpha value is -3.09. The number of thiophene rings is 1. The molecule has 5 rings (SSSR count). The lowest BCUT2D eigenvalue weighted by atomic mass is 9.93. The van der Waals surface area contributed by atoms with Crippen LogP contribution in [0.2, 0.25) is 5.02 Å². The van der Waals surface area contributed by atoms with Crippen molar-refractivity contribution in [2.45, 2.75) is 39.4 Å². The van der Waals surface area contributed by atoms with Gasteiger partial charge < -0.3 is 9.88 Å². The molecular formula is C26H24ClN3O2S. The number of nitrogens with one attached hydrogen (secondary N) is 1. The first-order valence-corrected chi connectivity index (χ1v) is 12.0. The highest BCUT2D eigenvalue weighted by atomic mass is 35.5. The molecule has 0 saturated heterocycles. The van der Waals surface area contributed by atoms with Crippen LogP contribution in [-0.4, -0.2) is 21.9 Å². The average Bonchev–Trinajstić information content (AvgIpc) is 3.38. The molecule has 0 unspecified atom stereocenters. The van der Waals surface area contributed by atoms with E-state index in [1.165, 1.54) is 0 Å². The summed E-state index contributed by atoms with van der Waals surface area (Å²) in [5.74, 6) is -0.370. The second-order valence-electron chi connectivity index (χ2n) is 8.79. The molecule has 0 aliphatic carbocycles. The molecular weight excluding hydrogens is 454 g/mol. The minimum atomic E-state index is -1.10. The molecule has 0 saturated carbocycles. The summed E-state index contributed by atoms with van der Waals surface area (Å²) in [5.41, 5.74) is 3.39. The smallest absolute Gasteiger partial charge is 0.275 e. The van der Waals surface area contributed by atoms with E-state index in [1.54, 1.807) is 28.4 Å². The lowest BCUT2D eigenvalue weighted by Crippen LogP contribution is -2.64. The van der Waals surface area contributed by atoms with Crippen molar-refractivity contribution in [1.29, 1.82) is 0 Å². The van der Waals surface area contributed by atoms with Crippen LogP contribution in [0.4, 0.5) is 5.69 Å². The van der Waals surface area contributed by atoms with E-state index in [9.17, 15) is 9.59 Å². The number of hydrogen-bond donors (Lipinski definition) is 1. The average molecular weight is 478 g/mol. The molecule has 33 heavy (non-hydrogen) atoms. The van der Waals surface area contributed by atoms with Crippen LogP contribution < -0.4 is 10.2 Å². The highest BCUT2D eigenvalue weighted by molar-refractivity contribution is 7.16.